The second kappa shape index (κ2) is 7.62. The number of hydrogen-bond acceptors (Lipinski definition) is 3. The topological polar surface area (TPSA) is 59.0 Å². The number of carbonyl (C=O) groups excluding carboxylic acids is 1. The monoisotopic (exact) mass is 326 g/mol. The zero-order valence-corrected chi connectivity index (χ0v) is 14.5. The molecule has 2 N–H and O–H groups in total. The Morgan fingerprint density at radius 3 is 2.83 bits per heavy atom. The molecule has 1 atom stereocenters. The molecular weight excluding hydrogens is 300 g/mol. The summed E-state index contributed by atoms with van der Waals surface area (Å²) in [6, 6.07) is 10.3. The molecule has 1 unspecified atom stereocenters. The van der Waals surface area contributed by atoms with E-state index in [0.717, 1.165) is 49.4 Å². The smallest absolute Gasteiger partial charge is 0.224 e. The average Bonchev–Trinajstić information content (AvgIpc) is 2.88. The quantitative estimate of drug-likeness (QED) is 0.885. The van der Waals surface area contributed by atoms with Crippen LogP contribution in [0.2, 0.25) is 0 Å². The van der Waals surface area contributed by atoms with Gasteiger partial charge in [0.05, 0.1) is 18.2 Å². The Kier molecular flexibility index (Phi) is 5.30. The van der Waals surface area contributed by atoms with E-state index in [1.807, 2.05) is 29.8 Å². The maximum atomic E-state index is 12.3. The van der Waals surface area contributed by atoms with Crippen LogP contribution in [0.3, 0.4) is 0 Å². The van der Waals surface area contributed by atoms with Crippen molar-refractivity contribution in [3.63, 3.8) is 0 Å². The summed E-state index contributed by atoms with van der Waals surface area (Å²) in [5, 5.41) is 11.0. The molecule has 1 aromatic heterocycles. The van der Waals surface area contributed by atoms with E-state index < -0.39 is 0 Å². The molecule has 1 aromatic carbocycles. The van der Waals surface area contributed by atoms with Gasteiger partial charge in [-0.15, -0.1) is 0 Å². The highest BCUT2D eigenvalue weighted by Gasteiger charge is 2.21. The van der Waals surface area contributed by atoms with Gasteiger partial charge >= 0.3 is 0 Å². The molecule has 0 spiro atoms. The highest BCUT2D eigenvalue weighted by Crippen LogP contribution is 2.16. The van der Waals surface area contributed by atoms with Crippen LogP contribution >= 0.6 is 0 Å². The molecule has 0 saturated carbocycles. The van der Waals surface area contributed by atoms with Gasteiger partial charge in [-0.3, -0.25) is 9.48 Å². The summed E-state index contributed by atoms with van der Waals surface area (Å²) in [4.78, 5) is 12.3. The Morgan fingerprint density at radius 1 is 1.33 bits per heavy atom. The summed E-state index contributed by atoms with van der Waals surface area (Å²) in [6.45, 7) is 7.21. The van der Waals surface area contributed by atoms with E-state index >= 15 is 0 Å². The number of nitrogens with one attached hydrogen (secondary N) is 2. The molecule has 1 aliphatic heterocycles. The van der Waals surface area contributed by atoms with Gasteiger partial charge in [0.25, 0.3) is 0 Å². The fraction of sp³-hybridized carbons (Fsp3) is 0.474. The highest BCUT2D eigenvalue weighted by atomic mass is 16.1. The van der Waals surface area contributed by atoms with Gasteiger partial charge in [-0.2, -0.15) is 5.10 Å². The summed E-state index contributed by atoms with van der Waals surface area (Å²) in [7, 11) is 0. The molecule has 2 aromatic rings. The van der Waals surface area contributed by atoms with Crippen molar-refractivity contribution in [3.8, 4) is 0 Å². The second-order valence-electron chi connectivity index (χ2n) is 6.55. The Hall–Kier alpha value is -2.14. The lowest BCUT2D eigenvalue weighted by Gasteiger charge is -2.21. The standard InChI is InChI=1S/C19H26N4O/c1-14-18(12-21-19(24)17-9-6-10-20-11-17)15(2)23(22-14)13-16-7-4-3-5-8-16/h3-5,7-8,17,20H,6,9-13H2,1-2H3,(H,21,24). The average molecular weight is 326 g/mol. The summed E-state index contributed by atoms with van der Waals surface area (Å²) in [5.74, 6) is 0.246. The van der Waals surface area contributed by atoms with Crippen LogP contribution in [0.4, 0.5) is 0 Å². The van der Waals surface area contributed by atoms with E-state index in [0.29, 0.717) is 6.54 Å². The van der Waals surface area contributed by atoms with Gasteiger partial charge in [0.1, 0.15) is 0 Å². The minimum absolute atomic E-state index is 0.0960. The van der Waals surface area contributed by atoms with E-state index in [1.165, 1.54) is 5.56 Å². The van der Waals surface area contributed by atoms with E-state index in [4.69, 9.17) is 0 Å². The van der Waals surface area contributed by atoms with Crippen molar-refractivity contribution < 1.29 is 4.79 Å². The van der Waals surface area contributed by atoms with Crippen LogP contribution in [-0.2, 0) is 17.9 Å². The van der Waals surface area contributed by atoms with Crippen molar-refractivity contribution in [1.29, 1.82) is 0 Å². The molecule has 0 radical (unpaired) electrons. The highest BCUT2D eigenvalue weighted by molar-refractivity contribution is 5.79. The molecule has 128 valence electrons. The van der Waals surface area contributed by atoms with Crippen LogP contribution in [0.25, 0.3) is 0 Å². The van der Waals surface area contributed by atoms with Crippen LogP contribution < -0.4 is 10.6 Å². The SMILES string of the molecule is Cc1nn(Cc2ccccc2)c(C)c1CNC(=O)C1CCCNC1. The van der Waals surface area contributed by atoms with Crippen molar-refractivity contribution in [1.82, 2.24) is 20.4 Å². The first-order chi connectivity index (χ1) is 11.6. The third-order valence-corrected chi connectivity index (χ3v) is 4.81. The van der Waals surface area contributed by atoms with Gasteiger partial charge in [0, 0.05) is 24.3 Å². The third kappa shape index (κ3) is 3.85. The Bertz CT molecular complexity index is 687. The fourth-order valence-electron chi connectivity index (χ4n) is 3.30. The Morgan fingerprint density at radius 2 is 2.12 bits per heavy atom. The molecule has 1 saturated heterocycles. The minimum Gasteiger partial charge on any atom is -0.352 e. The van der Waals surface area contributed by atoms with Crippen molar-refractivity contribution in [2.75, 3.05) is 13.1 Å². The van der Waals surface area contributed by atoms with E-state index in [2.05, 4.69) is 34.8 Å². The zero-order valence-electron chi connectivity index (χ0n) is 14.5. The van der Waals surface area contributed by atoms with Gasteiger partial charge < -0.3 is 10.6 Å². The third-order valence-electron chi connectivity index (χ3n) is 4.81. The Balaban J connectivity index is 1.64. The van der Waals surface area contributed by atoms with Crippen LogP contribution in [0.5, 0.6) is 0 Å². The van der Waals surface area contributed by atoms with Crippen LogP contribution in [0, 0.1) is 19.8 Å². The number of benzene rings is 1. The van der Waals surface area contributed by atoms with Gasteiger partial charge in [-0.05, 0) is 38.8 Å². The lowest BCUT2D eigenvalue weighted by atomic mass is 9.99. The predicted octanol–water partition coefficient (Wildman–Crippen LogP) is 2.16. The van der Waals surface area contributed by atoms with E-state index in [9.17, 15) is 4.79 Å². The Labute approximate surface area is 143 Å². The van der Waals surface area contributed by atoms with Crippen LogP contribution in [0.1, 0.15) is 35.4 Å². The molecule has 1 aliphatic rings. The lowest BCUT2D eigenvalue weighted by molar-refractivity contribution is -0.125. The number of aromatic nitrogens is 2. The van der Waals surface area contributed by atoms with Crippen LogP contribution in [-0.4, -0.2) is 28.8 Å². The molecule has 5 nitrogen and oxygen atoms in total. The second-order valence-corrected chi connectivity index (χ2v) is 6.55. The molecule has 5 heteroatoms. The number of carbonyl (C=O) groups is 1. The first-order valence-electron chi connectivity index (χ1n) is 8.70. The summed E-state index contributed by atoms with van der Waals surface area (Å²) in [5.41, 5.74) is 4.47. The zero-order chi connectivity index (χ0) is 16.9. The first kappa shape index (κ1) is 16.7. The molecule has 24 heavy (non-hydrogen) atoms. The van der Waals surface area contributed by atoms with Crippen molar-refractivity contribution >= 4 is 5.91 Å². The van der Waals surface area contributed by atoms with Crippen molar-refractivity contribution in [2.24, 2.45) is 5.92 Å². The summed E-state index contributed by atoms with van der Waals surface area (Å²) >= 11 is 0. The number of aryl methyl sites for hydroxylation is 1. The number of hydrogen-bond donors (Lipinski definition) is 2. The largest absolute Gasteiger partial charge is 0.352 e. The normalized spacial score (nSPS) is 17.7. The number of piperidine rings is 1. The van der Waals surface area contributed by atoms with E-state index in [-0.39, 0.29) is 11.8 Å². The molecular formula is C19H26N4O. The molecule has 0 aliphatic carbocycles. The minimum atomic E-state index is 0.0960. The number of nitrogens with zero attached hydrogens (tertiary/aromatic N) is 2. The fourth-order valence-corrected chi connectivity index (χ4v) is 3.30. The molecule has 0 bridgehead atoms. The summed E-state index contributed by atoms with van der Waals surface area (Å²) < 4.78 is 2.02. The van der Waals surface area contributed by atoms with Gasteiger partial charge in [-0.25, -0.2) is 0 Å². The van der Waals surface area contributed by atoms with Crippen molar-refractivity contribution in [2.45, 2.75) is 39.8 Å². The molecule has 3 rings (SSSR count). The van der Waals surface area contributed by atoms with Gasteiger partial charge in [0.15, 0.2) is 0 Å². The maximum Gasteiger partial charge on any atom is 0.224 e. The lowest BCUT2D eigenvalue weighted by Crippen LogP contribution is -2.40. The van der Waals surface area contributed by atoms with Gasteiger partial charge in [-0.1, -0.05) is 30.3 Å². The number of rotatable bonds is 5. The summed E-state index contributed by atoms with van der Waals surface area (Å²) in [6.07, 6.45) is 2.05. The van der Waals surface area contributed by atoms with Crippen molar-refractivity contribution in [3.05, 3.63) is 52.8 Å². The molecule has 2 heterocycles. The van der Waals surface area contributed by atoms with E-state index in [1.54, 1.807) is 0 Å². The molecule has 1 fully saturated rings. The number of amides is 1. The predicted molar refractivity (Wildman–Crippen MR) is 94.7 cm³/mol. The van der Waals surface area contributed by atoms with Crippen LogP contribution in [0.15, 0.2) is 30.3 Å². The van der Waals surface area contributed by atoms with Gasteiger partial charge in [0.2, 0.25) is 5.91 Å². The molecule has 1 amide bonds. The maximum absolute atomic E-state index is 12.3. The first-order valence-corrected chi connectivity index (χ1v) is 8.70.